The number of nitrogens with one attached hydrogen (secondary N) is 1. The minimum absolute atomic E-state index is 0.266. The Morgan fingerprint density at radius 3 is 2.79 bits per heavy atom. The molecule has 5 rings (SSSR count). The first-order valence-corrected chi connectivity index (χ1v) is 15.1. The standard InChI is InChI=1S/C28H35N7O3S/c1-6-30-39(37,7-2)21-10-11-23-25(15-21)35-17-18(3)9-8-12-38-27-22(16-29-34(27)5)24-14-20(13-19(4)31-24)26(36)33-28(35)32-23/h10-11,13-16,18H,6-9,12,17H2,1-5H3,(H,32,33,36)/t18-,39?/m1/s1. The second kappa shape index (κ2) is 10.8. The Bertz CT molecular complexity index is 1660. The summed E-state index contributed by atoms with van der Waals surface area (Å²) in [6.45, 7) is 9.47. The first kappa shape index (κ1) is 26.9. The van der Waals surface area contributed by atoms with Crippen LogP contribution in [0.3, 0.4) is 0 Å². The quantitative estimate of drug-likeness (QED) is 0.382. The molecule has 10 nitrogen and oxygen atoms in total. The van der Waals surface area contributed by atoms with Crippen LogP contribution in [0.25, 0.3) is 22.3 Å². The zero-order valence-corrected chi connectivity index (χ0v) is 23.9. The van der Waals surface area contributed by atoms with Crippen molar-refractivity contribution < 1.29 is 13.7 Å². The van der Waals surface area contributed by atoms with E-state index in [4.69, 9.17) is 9.72 Å². The number of nitrogens with zero attached hydrogens (tertiary/aromatic N) is 6. The van der Waals surface area contributed by atoms with Crippen molar-refractivity contribution in [3.63, 3.8) is 0 Å². The van der Waals surface area contributed by atoms with Crippen LogP contribution < -0.4 is 10.1 Å². The lowest BCUT2D eigenvalue weighted by Gasteiger charge is -2.16. The molecule has 2 atom stereocenters. The summed E-state index contributed by atoms with van der Waals surface area (Å²) >= 11 is 0. The molecule has 0 fully saturated rings. The van der Waals surface area contributed by atoms with Gasteiger partial charge in [-0.2, -0.15) is 5.10 Å². The number of carbonyl (C=O) groups excluding carboxylic acids is 1. The van der Waals surface area contributed by atoms with Crippen LogP contribution in [-0.4, -0.2) is 53.3 Å². The summed E-state index contributed by atoms with van der Waals surface area (Å²) in [5, 5.41) is 7.41. The number of amides is 1. The van der Waals surface area contributed by atoms with Crippen molar-refractivity contribution in [2.45, 2.75) is 52.0 Å². The van der Waals surface area contributed by atoms with Gasteiger partial charge >= 0.3 is 0 Å². The Hall–Kier alpha value is -3.73. The highest BCUT2D eigenvalue weighted by Gasteiger charge is 2.22. The Morgan fingerprint density at radius 1 is 1.21 bits per heavy atom. The van der Waals surface area contributed by atoms with Gasteiger partial charge < -0.3 is 9.30 Å². The molecule has 0 saturated carbocycles. The monoisotopic (exact) mass is 549 g/mol. The minimum Gasteiger partial charge on any atom is -0.477 e. The number of hydrogen-bond donors (Lipinski definition) is 1. The molecule has 1 N–H and O–H groups in total. The second-order valence-corrected chi connectivity index (χ2v) is 12.6. The van der Waals surface area contributed by atoms with Gasteiger partial charge in [0.05, 0.1) is 44.8 Å². The number of aromatic nitrogens is 5. The van der Waals surface area contributed by atoms with Crippen LogP contribution in [0.5, 0.6) is 5.88 Å². The van der Waals surface area contributed by atoms with E-state index in [0.717, 1.165) is 29.4 Å². The van der Waals surface area contributed by atoms with Crippen LogP contribution in [-0.2, 0) is 23.3 Å². The van der Waals surface area contributed by atoms with Gasteiger partial charge in [0.15, 0.2) is 0 Å². The van der Waals surface area contributed by atoms with Crippen LogP contribution in [0, 0.1) is 12.8 Å². The van der Waals surface area contributed by atoms with E-state index in [9.17, 15) is 9.00 Å². The van der Waals surface area contributed by atoms with Gasteiger partial charge in [0, 0.05) is 42.0 Å². The number of fused-ring (bicyclic) bond motifs is 7. The SMILES string of the molecule is CCN=S(=O)(CC)c1ccc2nc3n(c2c1)C[C@H](C)CCCOc1c(cnn1C)-c1cc(cc(C)n1)C(=O)N3. The molecule has 1 amide bonds. The molecule has 4 aromatic rings. The maximum absolute atomic E-state index is 13.6. The summed E-state index contributed by atoms with van der Waals surface area (Å²) in [5.41, 5.74) is 4.09. The van der Waals surface area contributed by atoms with Crippen molar-refractivity contribution in [3.05, 3.63) is 47.8 Å². The fourth-order valence-electron chi connectivity index (χ4n) is 5.01. The molecular weight excluding hydrogens is 514 g/mol. The largest absolute Gasteiger partial charge is 0.477 e. The first-order chi connectivity index (χ1) is 18.7. The van der Waals surface area contributed by atoms with Gasteiger partial charge in [-0.05, 0) is 62.9 Å². The van der Waals surface area contributed by atoms with Gasteiger partial charge in [-0.25, -0.2) is 18.2 Å². The summed E-state index contributed by atoms with van der Waals surface area (Å²) in [5.74, 6) is 1.50. The molecule has 0 spiro atoms. The molecular formula is C28H35N7O3S. The van der Waals surface area contributed by atoms with E-state index in [1.807, 2.05) is 50.6 Å². The van der Waals surface area contributed by atoms with Gasteiger partial charge in [-0.1, -0.05) is 13.8 Å². The minimum atomic E-state index is -2.53. The number of hydrogen-bond acceptors (Lipinski definition) is 7. The maximum atomic E-state index is 13.6. The number of pyridine rings is 1. The number of imidazole rings is 1. The molecule has 3 aromatic heterocycles. The third-order valence-electron chi connectivity index (χ3n) is 6.99. The van der Waals surface area contributed by atoms with Crippen molar-refractivity contribution >= 4 is 32.6 Å². The highest BCUT2D eigenvalue weighted by molar-refractivity contribution is 7.93. The zero-order chi connectivity index (χ0) is 27.7. The molecule has 0 saturated heterocycles. The molecule has 1 aliphatic heterocycles. The van der Waals surface area contributed by atoms with Crippen molar-refractivity contribution in [2.24, 2.45) is 17.3 Å². The van der Waals surface area contributed by atoms with E-state index in [1.165, 1.54) is 0 Å². The average Bonchev–Trinajstić information content (AvgIpc) is 3.44. The number of benzene rings is 1. The Morgan fingerprint density at radius 2 is 2.03 bits per heavy atom. The van der Waals surface area contributed by atoms with E-state index >= 15 is 0 Å². The highest BCUT2D eigenvalue weighted by atomic mass is 32.2. The summed E-state index contributed by atoms with van der Waals surface area (Å²) in [7, 11) is -0.692. The average molecular weight is 550 g/mol. The summed E-state index contributed by atoms with van der Waals surface area (Å²) in [6, 6.07) is 9.14. The number of rotatable bonds is 3. The first-order valence-electron chi connectivity index (χ1n) is 13.4. The van der Waals surface area contributed by atoms with Crippen molar-refractivity contribution in [1.29, 1.82) is 0 Å². The van der Waals surface area contributed by atoms with E-state index in [2.05, 4.69) is 26.7 Å². The normalized spacial score (nSPS) is 17.7. The second-order valence-electron chi connectivity index (χ2n) is 9.99. The smallest absolute Gasteiger partial charge is 0.258 e. The van der Waals surface area contributed by atoms with E-state index < -0.39 is 9.73 Å². The molecule has 0 radical (unpaired) electrons. The van der Waals surface area contributed by atoms with Crippen LogP contribution in [0.4, 0.5) is 5.95 Å². The topological polar surface area (TPSA) is 116 Å². The molecule has 1 aliphatic rings. The molecule has 1 aromatic carbocycles. The third kappa shape index (κ3) is 5.27. The van der Waals surface area contributed by atoms with E-state index in [1.54, 1.807) is 23.0 Å². The lowest BCUT2D eigenvalue weighted by molar-refractivity contribution is 0.102. The molecule has 2 bridgehead atoms. The van der Waals surface area contributed by atoms with Crippen molar-refractivity contribution in [3.8, 4) is 17.1 Å². The molecule has 4 heterocycles. The predicted octanol–water partition coefficient (Wildman–Crippen LogP) is 5.07. The van der Waals surface area contributed by atoms with Gasteiger partial charge in [0.2, 0.25) is 11.8 Å². The van der Waals surface area contributed by atoms with Gasteiger partial charge in [-0.3, -0.25) is 15.1 Å². The van der Waals surface area contributed by atoms with E-state index in [-0.39, 0.29) is 11.8 Å². The molecule has 206 valence electrons. The summed E-state index contributed by atoms with van der Waals surface area (Å²) in [6.07, 6.45) is 3.47. The van der Waals surface area contributed by atoms with Gasteiger partial charge in [0.1, 0.15) is 0 Å². The van der Waals surface area contributed by atoms with Crippen LogP contribution in [0.2, 0.25) is 0 Å². The Kier molecular flexibility index (Phi) is 7.44. The van der Waals surface area contributed by atoms with Crippen molar-refractivity contribution in [1.82, 2.24) is 24.3 Å². The van der Waals surface area contributed by atoms with Gasteiger partial charge in [-0.15, -0.1) is 0 Å². The molecule has 11 heteroatoms. The number of anilines is 1. The van der Waals surface area contributed by atoms with E-state index in [0.29, 0.717) is 59.1 Å². The van der Waals surface area contributed by atoms with Crippen LogP contribution >= 0.6 is 0 Å². The number of carbonyl (C=O) groups is 1. The molecule has 0 aliphatic carbocycles. The highest BCUT2D eigenvalue weighted by Crippen LogP contribution is 2.31. The fraction of sp³-hybridized carbons (Fsp3) is 0.429. The Labute approximate surface area is 229 Å². The fourth-order valence-corrected chi connectivity index (χ4v) is 6.67. The summed E-state index contributed by atoms with van der Waals surface area (Å²) in [4.78, 5) is 23.7. The van der Waals surface area contributed by atoms with Crippen LogP contribution in [0.1, 0.15) is 49.7 Å². The van der Waals surface area contributed by atoms with Crippen LogP contribution in [0.15, 0.2) is 45.8 Å². The number of ether oxygens (including phenoxy) is 1. The molecule has 1 unspecified atom stereocenters. The third-order valence-corrected chi connectivity index (χ3v) is 9.44. The zero-order valence-electron chi connectivity index (χ0n) is 23.1. The van der Waals surface area contributed by atoms with Crippen molar-refractivity contribution in [2.75, 3.05) is 24.2 Å². The Balaban J connectivity index is 1.63. The number of aryl methyl sites for hydroxylation is 2. The lowest BCUT2D eigenvalue weighted by Crippen LogP contribution is -2.18. The maximum Gasteiger partial charge on any atom is 0.258 e. The van der Waals surface area contributed by atoms with Gasteiger partial charge in [0.25, 0.3) is 5.91 Å². The molecule has 39 heavy (non-hydrogen) atoms. The lowest BCUT2D eigenvalue weighted by atomic mass is 10.1. The summed E-state index contributed by atoms with van der Waals surface area (Å²) < 4.78 is 27.9. The predicted molar refractivity (Wildman–Crippen MR) is 153 cm³/mol.